The van der Waals surface area contributed by atoms with E-state index in [1.165, 1.54) is 11.3 Å². The number of aromatic nitrogens is 1. The standard InChI is InChI=1S/C23H23N3O3S2/c1-5-29-22(28)19-14(2)24-23-26(20(19)15-8-10-16(11-9-15)25(3)4)21(27)18(31-23)13-17-7-6-12-30-17/h6-13,20H,5H2,1-4H3/b18-13-/t20-/m1/s1. The molecule has 0 radical (unpaired) electrons. The fourth-order valence-electron chi connectivity index (χ4n) is 3.56. The van der Waals surface area contributed by atoms with Crippen LogP contribution in [0.3, 0.4) is 0 Å². The number of hydrogen-bond donors (Lipinski definition) is 0. The molecular weight excluding hydrogens is 430 g/mol. The summed E-state index contributed by atoms with van der Waals surface area (Å²) in [6.45, 7) is 3.82. The van der Waals surface area contributed by atoms with Crippen molar-refractivity contribution < 1.29 is 9.53 Å². The molecule has 0 spiro atoms. The highest BCUT2D eigenvalue weighted by Crippen LogP contribution is 2.31. The Bertz CT molecular complexity index is 1310. The number of anilines is 1. The van der Waals surface area contributed by atoms with E-state index >= 15 is 0 Å². The van der Waals surface area contributed by atoms with Crippen LogP contribution in [0.1, 0.15) is 30.3 Å². The first-order chi connectivity index (χ1) is 14.9. The number of hydrogen-bond acceptors (Lipinski definition) is 7. The van der Waals surface area contributed by atoms with Crippen LogP contribution in [0.2, 0.25) is 0 Å². The molecule has 0 unspecified atom stereocenters. The molecule has 1 aromatic carbocycles. The Morgan fingerprint density at radius 1 is 1.26 bits per heavy atom. The van der Waals surface area contributed by atoms with Crippen LogP contribution >= 0.6 is 22.7 Å². The van der Waals surface area contributed by atoms with Gasteiger partial charge >= 0.3 is 5.97 Å². The average molecular weight is 454 g/mol. The van der Waals surface area contributed by atoms with Crippen molar-refractivity contribution in [1.29, 1.82) is 0 Å². The lowest BCUT2D eigenvalue weighted by molar-refractivity contribution is -0.139. The lowest BCUT2D eigenvalue weighted by atomic mass is 9.95. The van der Waals surface area contributed by atoms with Crippen molar-refractivity contribution in [2.24, 2.45) is 4.99 Å². The Kier molecular flexibility index (Phi) is 5.93. The summed E-state index contributed by atoms with van der Waals surface area (Å²) in [7, 11) is 3.94. The van der Waals surface area contributed by atoms with Gasteiger partial charge in [0.05, 0.1) is 28.5 Å². The van der Waals surface area contributed by atoms with Gasteiger partial charge in [-0.15, -0.1) is 11.3 Å². The summed E-state index contributed by atoms with van der Waals surface area (Å²) >= 11 is 2.91. The van der Waals surface area contributed by atoms with Crippen molar-refractivity contribution in [3.8, 4) is 0 Å². The third-order valence-corrected chi connectivity index (χ3v) is 6.86. The normalized spacial score (nSPS) is 16.1. The summed E-state index contributed by atoms with van der Waals surface area (Å²) in [5.41, 5.74) is 2.69. The third kappa shape index (κ3) is 4.00. The van der Waals surface area contributed by atoms with Crippen molar-refractivity contribution >= 4 is 40.4 Å². The zero-order chi connectivity index (χ0) is 22.1. The molecule has 2 aromatic heterocycles. The molecule has 0 aliphatic carbocycles. The van der Waals surface area contributed by atoms with Gasteiger partial charge in [0.2, 0.25) is 0 Å². The van der Waals surface area contributed by atoms with Crippen molar-refractivity contribution in [1.82, 2.24) is 4.57 Å². The van der Waals surface area contributed by atoms with E-state index in [4.69, 9.17) is 4.74 Å². The second-order valence-corrected chi connectivity index (χ2v) is 9.29. The van der Waals surface area contributed by atoms with Gasteiger partial charge in [0.1, 0.15) is 0 Å². The van der Waals surface area contributed by atoms with E-state index in [0.717, 1.165) is 16.1 Å². The van der Waals surface area contributed by atoms with E-state index in [9.17, 15) is 9.59 Å². The van der Waals surface area contributed by atoms with Crippen LogP contribution in [-0.4, -0.2) is 31.2 Å². The van der Waals surface area contributed by atoms with E-state index in [-0.39, 0.29) is 12.2 Å². The Balaban J connectivity index is 1.94. The number of thiophene rings is 1. The van der Waals surface area contributed by atoms with Crippen LogP contribution in [0.25, 0.3) is 6.08 Å². The quantitative estimate of drug-likeness (QED) is 0.558. The third-order valence-electron chi connectivity index (χ3n) is 5.06. The van der Waals surface area contributed by atoms with Crippen LogP contribution in [0.5, 0.6) is 0 Å². The summed E-state index contributed by atoms with van der Waals surface area (Å²) in [4.78, 5) is 34.5. The van der Waals surface area contributed by atoms with Gasteiger partial charge in [-0.3, -0.25) is 9.36 Å². The lowest BCUT2D eigenvalue weighted by Gasteiger charge is -2.25. The second-order valence-electron chi connectivity index (χ2n) is 7.30. The number of allylic oxidation sites excluding steroid dienone is 1. The maximum absolute atomic E-state index is 13.4. The predicted molar refractivity (Wildman–Crippen MR) is 125 cm³/mol. The SMILES string of the molecule is CCOC(=O)C1=C(C)N=c2s/c(=C\c3cccs3)c(=O)n2[C@@H]1c1ccc(N(C)C)cc1. The summed E-state index contributed by atoms with van der Waals surface area (Å²) in [5, 5.41) is 1.97. The van der Waals surface area contributed by atoms with E-state index in [2.05, 4.69) is 4.99 Å². The maximum atomic E-state index is 13.4. The highest BCUT2D eigenvalue weighted by molar-refractivity contribution is 7.11. The number of fused-ring (bicyclic) bond motifs is 1. The Hall–Kier alpha value is -2.97. The molecule has 160 valence electrons. The topological polar surface area (TPSA) is 63.9 Å². The van der Waals surface area contributed by atoms with Gasteiger partial charge in [-0.1, -0.05) is 29.5 Å². The molecule has 3 aromatic rings. The Labute approximate surface area is 188 Å². The highest BCUT2D eigenvalue weighted by atomic mass is 32.1. The van der Waals surface area contributed by atoms with Crippen LogP contribution in [0.15, 0.2) is 62.8 Å². The fourth-order valence-corrected chi connectivity index (χ4v) is 5.33. The summed E-state index contributed by atoms with van der Waals surface area (Å²) in [6.07, 6.45) is 1.88. The van der Waals surface area contributed by atoms with E-state index in [1.54, 1.807) is 29.8 Å². The van der Waals surface area contributed by atoms with Crippen LogP contribution in [0, 0.1) is 0 Å². The minimum atomic E-state index is -0.586. The minimum absolute atomic E-state index is 0.159. The molecule has 1 aliphatic heterocycles. The van der Waals surface area contributed by atoms with Gasteiger partial charge in [0, 0.05) is 24.7 Å². The largest absolute Gasteiger partial charge is 0.463 e. The Morgan fingerprint density at radius 3 is 2.61 bits per heavy atom. The van der Waals surface area contributed by atoms with Crippen LogP contribution < -0.4 is 19.8 Å². The van der Waals surface area contributed by atoms with Gasteiger partial charge in [0.15, 0.2) is 4.80 Å². The van der Waals surface area contributed by atoms with Gasteiger partial charge < -0.3 is 9.64 Å². The van der Waals surface area contributed by atoms with E-state index in [0.29, 0.717) is 20.6 Å². The van der Waals surface area contributed by atoms with Gasteiger partial charge in [-0.25, -0.2) is 9.79 Å². The first-order valence-electron chi connectivity index (χ1n) is 9.91. The zero-order valence-corrected chi connectivity index (χ0v) is 19.4. The van der Waals surface area contributed by atoms with Crippen molar-refractivity contribution in [3.63, 3.8) is 0 Å². The number of thiazole rings is 1. The van der Waals surface area contributed by atoms with Gasteiger partial charge in [-0.05, 0) is 49.1 Å². The molecule has 3 heterocycles. The molecule has 0 fully saturated rings. The van der Waals surface area contributed by atoms with E-state index in [1.807, 2.05) is 66.8 Å². The molecule has 0 saturated carbocycles. The molecule has 8 heteroatoms. The number of esters is 1. The van der Waals surface area contributed by atoms with Gasteiger partial charge in [0.25, 0.3) is 5.56 Å². The maximum Gasteiger partial charge on any atom is 0.338 e. The number of ether oxygens (including phenoxy) is 1. The van der Waals surface area contributed by atoms with Crippen molar-refractivity contribution in [3.05, 3.63) is 83.2 Å². The summed E-state index contributed by atoms with van der Waals surface area (Å²) in [6, 6.07) is 11.2. The summed E-state index contributed by atoms with van der Waals surface area (Å²) in [5.74, 6) is -0.446. The van der Waals surface area contributed by atoms with Crippen molar-refractivity contribution in [2.45, 2.75) is 19.9 Å². The smallest absolute Gasteiger partial charge is 0.338 e. The highest BCUT2D eigenvalue weighted by Gasteiger charge is 2.33. The number of carbonyl (C=O) groups is 1. The average Bonchev–Trinajstić information content (AvgIpc) is 3.35. The monoisotopic (exact) mass is 453 g/mol. The van der Waals surface area contributed by atoms with Crippen LogP contribution in [-0.2, 0) is 9.53 Å². The summed E-state index contributed by atoms with van der Waals surface area (Å²) < 4.78 is 7.54. The lowest BCUT2D eigenvalue weighted by Crippen LogP contribution is -2.39. The van der Waals surface area contributed by atoms with Crippen molar-refractivity contribution in [2.75, 3.05) is 25.6 Å². The fraction of sp³-hybridized carbons (Fsp3) is 0.261. The zero-order valence-electron chi connectivity index (χ0n) is 17.8. The Morgan fingerprint density at radius 2 is 2.00 bits per heavy atom. The second kappa shape index (κ2) is 8.64. The number of nitrogens with zero attached hydrogens (tertiary/aromatic N) is 3. The number of carbonyl (C=O) groups excluding carboxylic acids is 1. The molecule has 0 amide bonds. The number of rotatable bonds is 5. The van der Waals surface area contributed by atoms with E-state index < -0.39 is 12.0 Å². The predicted octanol–water partition coefficient (Wildman–Crippen LogP) is 2.93. The number of benzene rings is 1. The molecule has 31 heavy (non-hydrogen) atoms. The molecule has 6 nitrogen and oxygen atoms in total. The molecular formula is C23H23N3O3S2. The van der Waals surface area contributed by atoms with Gasteiger partial charge in [-0.2, -0.15) is 0 Å². The first kappa shape index (κ1) is 21.3. The molecule has 4 rings (SSSR count). The van der Waals surface area contributed by atoms with Crippen LogP contribution in [0.4, 0.5) is 5.69 Å². The molecule has 1 atom stereocenters. The molecule has 0 bridgehead atoms. The molecule has 1 aliphatic rings. The first-order valence-corrected chi connectivity index (χ1v) is 11.6. The molecule has 0 N–H and O–H groups in total. The minimum Gasteiger partial charge on any atom is -0.463 e. The molecule has 0 saturated heterocycles.